The number of nitrogens with zero attached hydrogens (tertiary/aromatic N) is 1. The Balaban J connectivity index is 2.53. The number of aliphatic hydroxyl groups is 1. The van der Waals surface area contributed by atoms with Crippen LogP contribution in [0.15, 0.2) is 24.3 Å². The number of thiazole rings is 1. The van der Waals surface area contributed by atoms with Gasteiger partial charge in [-0.25, -0.2) is 4.98 Å². The molecule has 1 N–H and O–H groups in total. The number of fused-ring (bicyclic) bond motifs is 1. The highest BCUT2D eigenvalue weighted by Gasteiger charge is 2.58. The summed E-state index contributed by atoms with van der Waals surface area (Å²) < 4.78 is 44.1. The zero-order valence-corrected chi connectivity index (χ0v) is 11.1. The summed E-state index contributed by atoms with van der Waals surface area (Å²) in [7, 11) is 0.956. The lowest BCUT2D eigenvalue weighted by atomic mass is 10.00. The third-order valence-corrected chi connectivity index (χ3v) is 3.93. The number of hydrogen-bond acceptors (Lipinski definition) is 5. The second kappa shape index (κ2) is 5.02. The smallest absolute Gasteiger partial charge is 0.424 e. The number of esters is 1. The highest BCUT2D eigenvalue weighted by atomic mass is 32.1. The maximum absolute atomic E-state index is 13.1. The highest BCUT2D eigenvalue weighted by Crippen LogP contribution is 2.44. The normalized spacial score (nSPS) is 15.1. The minimum atomic E-state index is -5.03. The van der Waals surface area contributed by atoms with Crippen LogP contribution in [0.1, 0.15) is 11.4 Å². The van der Waals surface area contributed by atoms with E-state index in [9.17, 15) is 23.1 Å². The molecule has 0 aliphatic heterocycles. The molecule has 1 aromatic heterocycles. The van der Waals surface area contributed by atoms with Gasteiger partial charge in [0.1, 0.15) is 5.01 Å². The molecule has 2 aromatic rings. The van der Waals surface area contributed by atoms with Crippen molar-refractivity contribution in [3.8, 4) is 0 Å². The minimum absolute atomic E-state index is 0.333. The molecule has 2 rings (SSSR count). The number of para-hydroxylation sites is 1. The third-order valence-electron chi connectivity index (χ3n) is 2.74. The van der Waals surface area contributed by atoms with E-state index in [0.29, 0.717) is 21.6 Å². The molecule has 0 aliphatic rings. The largest absolute Gasteiger partial charge is 0.469 e. The Labute approximate surface area is 115 Å². The number of carbonyl (C=O) groups is 1. The first-order valence-corrected chi connectivity index (χ1v) is 6.31. The monoisotopic (exact) mass is 305 g/mol. The Morgan fingerprint density at radius 3 is 2.60 bits per heavy atom. The van der Waals surface area contributed by atoms with Gasteiger partial charge >= 0.3 is 12.1 Å². The molecule has 8 heteroatoms. The van der Waals surface area contributed by atoms with Gasteiger partial charge in [0.05, 0.1) is 23.7 Å². The van der Waals surface area contributed by atoms with Gasteiger partial charge in [-0.1, -0.05) is 12.1 Å². The van der Waals surface area contributed by atoms with Crippen LogP contribution in [0.25, 0.3) is 10.2 Å². The molecule has 0 fully saturated rings. The molecule has 0 unspecified atom stereocenters. The maximum Gasteiger partial charge on any atom is 0.424 e. The zero-order valence-electron chi connectivity index (χ0n) is 10.3. The van der Waals surface area contributed by atoms with Crippen LogP contribution in [0.5, 0.6) is 0 Å². The molecular weight excluding hydrogens is 295 g/mol. The summed E-state index contributed by atoms with van der Waals surface area (Å²) in [6.45, 7) is 0. The van der Waals surface area contributed by atoms with Crippen LogP contribution in [0.3, 0.4) is 0 Å². The highest BCUT2D eigenvalue weighted by molar-refractivity contribution is 7.18. The van der Waals surface area contributed by atoms with Crippen LogP contribution in [-0.4, -0.2) is 29.3 Å². The number of aromatic nitrogens is 1. The van der Waals surface area contributed by atoms with Crippen molar-refractivity contribution in [1.29, 1.82) is 0 Å². The quantitative estimate of drug-likeness (QED) is 0.886. The van der Waals surface area contributed by atoms with Gasteiger partial charge in [-0.3, -0.25) is 4.79 Å². The van der Waals surface area contributed by atoms with Crippen LogP contribution in [-0.2, 0) is 15.1 Å². The molecule has 4 nitrogen and oxygen atoms in total. The second-order valence-corrected chi connectivity index (χ2v) is 5.13. The summed E-state index contributed by atoms with van der Waals surface area (Å²) >= 11 is 0.695. The van der Waals surface area contributed by atoms with Crippen molar-refractivity contribution in [2.75, 3.05) is 7.11 Å². The lowest BCUT2D eigenvalue weighted by Gasteiger charge is -2.27. The lowest BCUT2D eigenvalue weighted by molar-refractivity contribution is -0.269. The summed E-state index contributed by atoms with van der Waals surface area (Å²) in [6.07, 6.45) is -6.26. The Morgan fingerprint density at radius 2 is 2.05 bits per heavy atom. The first-order chi connectivity index (χ1) is 9.28. The van der Waals surface area contributed by atoms with E-state index in [1.54, 1.807) is 18.2 Å². The van der Waals surface area contributed by atoms with E-state index in [2.05, 4.69) is 9.72 Å². The Bertz CT molecular complexity index is 607. The molecule has 108 valence electrons. The first-order valence-electron chi connectivity index (χ1n) is 5.50. The van der Waals surface area contributed by atoms with Crippen molar-refractivity contribution >= 4 is 27.5 Å². The average molecular weight is 305 g/mol. The topological polar surface area (TPSA) is 59.4 Å². The average Bonchev–Trinajstić information content (AvgIpc) is 2.81. The van der Waals surface area contributed by atoms with Gasteiger partial charge in [-0.2, -0.15) is 13.2 Å². The number of halogens is 3. The van der Waals surface area contributed by atoms with E-state index in [1.807, 2.05) is 0 Å². The predicted octanol–water partition coefficient (Wildman–Crippen LogP) is 2.61. The number of alkyl halides is 3. The van der Waals surface area contributed by atoms with Gasteiger partial charge in [0.25, 0.3) is 0 Å². The summed E-state index contributed by atoms with van der Waals surface area (Å²) in [5.74, 6) is -1.16. The lowest BCUT2D eigenvalue weighted by Crippen LogP contribution is -2.44. The van der Waals surface area contributed by atoms with Crippen molar-refractivity contribution in [3.63, 3.8) is 0 Å². The van der Waals surface area contributed by atoms with Crippen molar-refractivity contribution in [1.82, 2.24) is 4.98 Å². The van der Waals surface area contributed by atoms with E-state index in [0.717, 1.165) is 7.11 Å². The van der Waals surface area contributed by atoms with Crippen LogP contribution in [0.2, 0.25) is 0 Å². The molecule has 0 bridgehead atoms. The molecular formula is C12H10F3NO3S. The summed E-state index contributed by atoms with van der Waals surface area (Å²) in [5.41, 5.74) is -3.01. The number of ether oxygens (including phenoxy) is 1. The third kappa shape index (κ3) is 2.48. The Kier molecular flexibility index (Phi) is 3.70. The molecule has 0 amide bonds. The van der Waals surface area contributed by atoms with Gasteiger partial charge < -0.3 is 9.84 Å². The molecule has 0 radical (unpaired) electrons. The fourth-order valence-electron chi connectivity index (χ4n) is 1.63. The first kappa shape index (κ1) is 14.7. The van der Waals surface area contributed by atoms with Crippen LogP contribution in [0.4, 0.5) is 13.2 Å². The SMILES string of the molecule is COC(=O)C[C@@](O)(c1nc2ccccc2s1)C(F)(F)F. The molecule has 0 saturated carbocycles. The van der Waals surface area contributed by atoms with E-state index in [4.69, 9.17) is 0 Å². The van der Waals surface area contributed by atoms with Crippen molar-refractivity contribution in [2.45, 2.75) is 18.2 Å². The van der Waals surface area contributed by atoms with Gasteiger partial charge in [0.15, 0.2) is 0 Å². The van der Waals surface area contributed by atoms with E-state index in [1.165, 1.54) is 6.07 Å². The molecule has 1 aromatic carbocycles. The van der Waals surface area contributed by atoms with Gasteiger partial charge in [-0.05, 0) is 12.1 Å². The molecule has 1 atom stereocenters. The molecule has 20 heavy (non-hydrogen) atoms. The Morgan fingerprint density at radius 1 is 1.40 bits per heavy atom. The number of carbonyl (C=O) groups excluding carboxylic acids is 1. The molecule has 1 heterocycles. The summed E-state index contributed by atoms with van der Waals surface area (Å²) in [6, 6.07) is 6.39. The van der Waals surface area contributed by atoms with Gasteiger partial charge in [0, 0.05) is 0 Å². The fourth-order valence-corrected chi connectivity index (χ4v) is 2.70. The van der Waals surface area contributed by atoms with Crippen LogP contribution >= 0.6 is 11.3 Å². The standard InChI is InChI=1S/C12H10F3NO3S/c1-19-9(17)6-11(18,12(13,14)15)10-16-7-4-2-3-5-8(7)20-10/h2-5,18H,6H2,1H3/t11-/m1/s1. The van der Waals surface area contributed by atoms with E-state index < -0.39 is 29.2 Å². The molecule has 0 spiro atoms. The van der Waals surface area contributed by atoms with E-state index >= 15 is 0 Å². The molecule has 0 aliphatic carbocycles. The minimum Gasteiger partial charge on any atom is -0.469 e. The van der Waals surface area contributed by atoms with Gasteiger partial charge in [-0.15, -0.1) is 11.3 Å². The fraction of sp³-hybridized carbons (Fsp3) is 0.333. The number of hydrogen-bond donors (Lipinski definition) is 1. The van der Waals surface area contributed by atoms with Crippen LogP contribution in [0, 0.1) is 0 Å². The Hall–Kier alpha value is -1.67. The van der Waals surface area contributed by atoms with Crippen molar-refractivity contribution < 1.29 is 27.8 Å². The summed E-state index contributed by atoms with van der Waals surface area (Å²) in [4.78, 5) is 14.9. The number of methoxy groups -OCH3 is 1. The molecule has 0 saturated heterocycles. The zero-order chi connectivity index (χ0) is 15.0. The maximum atomic E-state index is 13.1. The number of benzene rings is 1. The van der Waals surface area contributed by atoms with E-state index in [-0.39, 0.29) is 0 Å². The predicted molar refractivity (Wildman–Crippen MR) is 66.2 cm³/mol. The van der Waals surface area contributed by atoms with Crippen molar-refractivity contribution in [2.24, 2.45) is 0 Å². The van der Waals surface area contributed by atoms with Crippen molar-refractivity contribution in [3.05, 3.63) is 29.3 Å². The van der Waals surface area contributed by atoms with Crippen LogP contribution < -0.4 is 0 Å². The number of rotatable bonds is 3. The second-order valence-electron chi connectivity index (χ2n) is 4.10. The summed E-state index contributed by atoms with van der Waals surface area (Å²) in [5, 5.41) is 9.37. The van der Waals surface area contributed by atoms with Gasteiger partial charge in [0.2, 0.25) is 5.60 Å².